The van der Waals surface area contributed by atoms with E-state index >= 15 is 0 Å². The van der Waals surface area contributed by atoms with E-state index in [4.69, 9.17) is 9.84 Å². The number of carboxylic acids is 1. The lowest BCUT2D eigenvalue weighted by Gasteiger charge is -2.14. The van der Waals surface area contributed by atoms with Crippen LogP contribution in [0.3, 0.4) is 0 Å². The Morgan fingerprint density at radius 2 is 2.05 bits per heavy atom. The number of aliphatic carboxylic acids is 1. The zero-order valence-corrected chi connectivity index (χ0v) is 11.7. The van der Waals surface area contributed by atoms with Crippen LogP contribution >= 0.6 is 0 Å². The number of rotatable bonds is 8. The van der Waals surface area contributed by atoms with Crippen LogP contribution in [0.5, 0.6) is 0 Å². The summed E-state index contributed by atoms with van der Waals surface area (Å²) in [5.41, 5.74) is 0.227. The molecule has 0 spiro atoms. The van der Waals surface area contributed by atoms with Gasteiger partial charge in [0.2, 0.25) is 5.91 Å². The van der Waals surface area contributed by atoms with E-state index in [1.54, 1.807) is 7.05 Å². The number of likely N-dealkylation sites (N-methyl/N-ethyl adjacent to an activating group) is 1. The van der Waals surface area contributed by atoms with E-state index in [-0.39, 0.29) is 31.2 Å². The van der Waals surface area contributed by atoms with Crippen LogP contribution in [-0.4, -0.2) is 54.7 Å². The van der Waals surface area contributed by atoms with Crippen molar-refractivity contribution in [3.05, 3.63) is 24.3 Å². The zero-order valence-electron chi connectivity index (χ0n) is 11.7. The Kier molecular flexibility index (Phi) is 8.49. The van der Waals surface area contributed by atoms with Crippen LogP contribution in [0.25, 0.3) is 0 Å². The van der Waals surface area contributed by atoms with Gasteiger partial charge in [0.1, 0.15) is 6.61 Å². The largest absolute Gasteiger partial charge is 0.478 e. The van der Waals surface area contributed by atoms with E-state index in [0.29, 0.717) is 6.42 Å². The van der Waals surface area contributed by atoms with Gasteiger partial charge in [0.15, 0.2) is 0 Å². The summed E-state index contributed by atoms with van der Waals surface area (Å²) in [6, 6.07) is 0. The minimum Gasteiger partial charge on any atom is -0.478 e. The second-order valence-electron chi connectivity index (χ2n) is 4.01. The minimum absolute atomic E-state index is 0.0753. The molecule has 0 aromatic carbocycles. The molecule has 0 fully saturated rings. The molecule has 0 aliphatic heterocycles. The average Bonchev–Trinajstić information content (AvgIpc) is 2.41. The molecule has 0 aliphatic rings. The summed E-state index contributed by atoms with van der Waals surface area (Å²) < 4.78 is 4.85. The van der Waals surface area contributed by atoms with Crippen molar-refractivity contribution >= 4 is 18.0 Å². The molecular formula is C13H20N2O5. The maximum atomic E-state index is 11.2. The molecule has 0 bridgehead atoms. The number of hydrogen-bond acceptors (Lipinski definition) is 4. The third-order valence-corrected chi connectivity index (χ3v) is 2.41. The van der Waals surface area contributed by atoms with Crippen molar-refractivity contribution in [2.24, 2.45) is 0 Å². The fourth-order valence-electron chi connectivity index (χ4n) is 1.14. The Morgan fingerprint density at radius 3 is 2.60 bits per heavy atom. The number of nitrogens with one attached hydrogen (secondary N) is 1. The van der Waals surface area contributed by atoms with Crippen LogP contribution in [0, 0.1) is 0 Å². The first-order valence-electron chi connectivity index (χ1n) is 6.06. The highest BCUT2D eigenvalue weighted by Crippen LogP contribution is 1.94. The molecule has 112 valence electrons. The van der Waals surface area contributed by atoms with Crippen LogP contribution in [0.15, 0.2) is 24.3 Å². The number of carbonyl (C=O) groups excluding carboxylic acids is 2. The Bertz CT molecular complexity index is 404. The highest BCUT2D eigenvalue weighted by molar-refractivity contribution is 5.86. The number of ether oxygens (including phenoxy) is 1. The van der Waals surface area contributed by atoms with Gasteiger partial charge in [-0.05, 0) is 19.4 Å². The van der Waals surface area contributed by atoms with E-state index in [9.17, 15) is 14.4 Å². The molecule has 20 heavy (non-hydrogen) atoms. The molecule has 0 atom stereocenters. The predicted octanol–water partition coefficient (Wildman–Crippen LogP) is 0.778. The Hall–Kier alpha value is -2.31. The molecule has 0 saturated heterocycles. The second kappa shape index (κ2) is 9.60. The van der Waals surface area contributed by atoms with E-state index < -0.39 is 12.1 Å². The predicted molar refractivity (Wildman–Crippen MR) is 73.2 cm³/mol. The average molecular weight is 284 g/mol. The first-order chi connectivity index (χ1) is 9.38. The SMILES string of the molecule is C=CC(=O)N(C)CCOC(=O)NCCC=C(C)C(=O)O. The summed E-state index contributed by atoms with van der Waals surface area (Å²) in [5.74, 6) is -1.23. The molecule has 0 saturated carbocycles. The maximum Gasteiger partial charge on any atom is 0.407 e. The highest BCUT2D eigenvalue weighted by Gasteiger charge is 2.06. The molecule has 0 radical (unpaired) electrons. The maximum absolute atomic E-state index is 11.2. The van der Waals surface area contributed by atoms with Gasteiger partial charge in [0.25, 0.3) is 0 Å². The van der Waals surface area contributed by atoms with Crippen molar-refractivity contribution in [3.63, 3.8) is 0 Å². The topological polar surface area (TPSA) is 95.9 Å². The van der Waals surface area contributed by atoms with Gasteiger partial charge in [-0.15, -0.1) is 0 Å². The Morgan fingerprint density at radius 1 is 1.40 bits per heavy atom. The summed E-state index contributed by atoms with van der Waals surface area (Å²) in [5, 5.41) is 11.1. The third-order valence-electron chi connectivity index (χ3n) is 2.41. The van der Waals surface area contributed by atoms with Crippen molar-refractivity contribution in [2.45, 2.75) is 13.3 Å². The van der Waals surface area contributed by atoms with Crippen LogP contribution in [0.2, 0.25) is 0 Å². The summed E-state index contributed by atoms with van der Waals surface area (Å²) in [4.78, 5) is 34.2. The van der Waals surface area contributed by atoms with Crippen molar-refractivity contribution in [1.82, 2.24) is 10.2 Å². The molecule has 2 N–H and O–H groups in total. The number of amides is 2. The van der Waals surface area contributed by atoms with Gasteiger partial charge in [-0.1, -0.05) is 12.7 Å². The van der Waals surface area contributed by atoms with Gasteiger partial charge >= 0.3 is 12.1 Å². The lowest BCUT2D eigenvalue weighted by Crippen LogP contribution is -2.32. The van der Waals surface area contributed by atoms with Gasteiger partial charge in [-0.2, -0.15) is 0 Å². The Labute approximate surface area is 117 Å². The van der Waals surface area contributed by atoms with E-state index in [2.05, 4.69) is 11.9 Å². The summed E-state index contributed by atoms with van der Waals surface area (Å²) >= 11 is 0. The second-order valence-corrected chi connectivity index (χ2v) is 4.01. The molecule has 7 heteroatoms. The summed E-state index contributed by atoms with van der Waals surface area (Å²) in [6.45, 7) is 5.45. The van der Waals surface area contributed by atoms with E-state index in [0.717, 1.165) is 0 Å². The molecule has 0 aromatic heterocycles. The van der Waals surface area contributed by atoms with Gasteiger partial charge < -0.3 is 20.1 Å². The fraction of sp³-hybridized carbons (Fsp3) is 0.462. The highest BCUT2D eigenvalue weighted by atomic mass is 16.5. The molecule has 7 nitrogen and oxygen atoms in total. The summed E-state index contributed by atoms with van der Waals surface area (Å²) in [6.07, 6.45) is 2.49. The van der Waals surface area contributed by atoms with Crippen LogP contribution in [0.4, 0.5) is 4.79 Å². The van der Waals surface area contributed by atoms with Crippen molar-refractivity contribution in [3.8, 4) is 0 Å². The number of carbonyl (C=O) groups is 3. The Balaban J connectivity index is 3.75. The molecule has 0 heterocycles. The van der Waals surface area contributed by atoms with Crippen LogP contribution < -0.4 is 5.32 Å². The lowest BCUT2D eigenvalue weighted by atomic mass is 10.2. The standard InChI is InChI=1S/C13H20N2O5/c1-4-11(16)15(3)8-9-20-13(19)14-7-5-6-10(2)12(17)18/h4,6H,1,5,7-9H2,2-3H3,(H,14,19)(H,17,18). The van der Waals surface area contributed by atoms with Gasteiger partial charge in [0.05, 0.1) is 6.54 Å². The van der Waals surface area contributed by atoms with Crippen molar-refractivity contribution in [2.75, 3.05) is 26.7 Å². The molecule has 0 aliphatic carbocycles. The number of nitrogens with zero attached hydrogens (tertiary/aromatic N) is 1. The molecule has 0 aromatic rings. The number of hydrogen-bond donors (Lipinski definition) is 2. The monoisotopic (exact) mass is 284 g/mol. The first kappa shape index (κ1) is 17.7. The lowest BCUT2D eigenvalue weighted by molar-refractivity contribution is -0.132. The normalized spacial score (nSPS) is 10.6. The summed E-state index contributed by atoms with van der Waals surface area (Å²) in [7, 11) is 1.57. The fourth-order valence-corrected chi connectivity index (χ4v) is 1.14. The van der Waals surface area contributed by atoms with Gasteiger partial charge in [-0.25, -0.2) is 9.59 Å². The van der Waals surface area contributed by atoms with Crippen molar-refractivity contribution < 1.29 is 24.2 Å². The third kappa shape index (κ3) is 7.91. The first-order valence-corrected chi connectivity index (χ1v) is 6.06. The minimum atomic E-state index is -0.984. The van der Waals surface area contributed by atoms with Crippen molar-refractivity contribution in [1.29, 1.82) is 0 Å². The zero-order chi connectivity index (χ0) is 15.5. The smallest absolute Gasteiger partial charge is 0.407 e. The van der Waals surface area contributed by atoms with Crippen LogP contribution in [-0.2, 0) is 14.3 Å². The molecular weight excluding hydrogens is 264 g/mol. The van der Waals surface area contributed by atoms with Crippen LogP contribution in [0.1, 0.15) is 13.3 Å². The number of alkyl carbamates (subject to hydrolysis) is 1. The molecule has 2 amide bonds. The molecule has 0 rings (SSSR count). The molecule has 0 unspecified atom stereocenters. The number of carboxylic acid groups (broad SMARTS) is 1. The van der Waals surface area contributed by atoms with E-state index in [1.807, 2.05) is 0 Å². The quantitative estimate of drug-likeness (QED) is 0.507. The van der Waals surface area contributed by atoms with E-state index in [1.165, 1.54) is 24.0 Å². The van der Waals surface area contributed by atoms with Gasteiger partial charge in [-0.3, -0.25) is 4.79 Å². The van der Waals surface area contributed by atoms with Gasteiger partial charge in [0, 0.05) is 19.2 Å².